The van der Waals surface area contributed by atoms with Gasteiger partial charge in [-0.15, -0.1) is 0 Å². The average Bonchev–Trinajstić information content (AvgIpc) is 3.22. The van der Waals surface area contributed by atoms with E-state index in [1.54, 1.807) is 18.4 Å². The summed E-state index contributed by atoms with van der Waals surface area (Å²) in [6, 6.07) is 13.8. The number of H-pyrrole nitrogens is 1. The predicted octanol–water partition coefficient (Wildman–Crippen LogP) is 3.24. The topological polar surface area (TPSA) is 60.4 Å². The molecule has 0 bridgehead atoms. The fraction of sp³-hybridized carbons (Fsp3) is 0. The van der Waals surface area contributed by atoms with Crippen molar-refractivity contribution in [1.29, 1.82) is 0 Å². The van der Waals surface area contributed by atoms with E-state index in [2.05, 4.69) is 15.5 Å². The van der Waals surface area contributed by atoms with Gasteiger partial charge in [-0.05, 0) is 24.3 Å². The summed E-state index contributed by atoms with van der Waals surface area (Å²) in [5.41, 5.74) is 4.14. The fourth-order valence-corrected chi connectivity index (χ4v) is 1.50. The molecule has 4 nitrogen and oxygen atoms in total. The van der Waals surface area contributed by atoms with Crippen molar-refractivity contribution in [3.63, 3.8) is 0 Å². The van der Waals surface area contributed by atoms with Crippen molar-refractivity contribution in [3.8, 4) is 0 Å². The fourth-order valence-electron chi connectivity index (χ4n) is 1.50. The van der Waals surface area contributed by atoms with Crippen LogP contribution in [0.3, 0.4) is 0 Å². The van der Waals surface area contributed by atoms with E-state index >= 15 is 0 Å². The van der Waals surface area contributed by atoms with E-state index in [-0.39, 0.29) is 23.0 Å². The molecule has 0 aliphatic heterocycles. The van der Waals surface area contributed by atoms with Crippen LogP contribution in [0.15, 0.2) is 89.5 Å². The Hall–Kier alpha value is -2.36. The zero-order valence-corrected chi connectivity index (χ0v) is 12.4. The Morgan fingerprint density at radius 1 is 1.19 bits per heavy atom. The largest absolute Gasteiger partial charge is 0.493 e. The molecule has 0 fully saturated rings. The summed E-state index contributed by atoms with van der Waals surface area (Å²) in [7, 11) is 0. The molecule has 5 heteroatoms. The smallest absolute Gasteiger partial charge is 0.212 e. The number of rotatable bonds is 3. The zero-order chi connectivity index (χ0) is 14.0. The first-order chi connectivity index (χ1) is 9.86. The van der Waals surface area contributed by atoms with E-state index in [9.17, 15) is 5.11 Å². The Morgan fingerprint density at radius 2 is 1.90 bits per heavy atom. The van der Waals surface area contributed by atoms with Crippen LogP contribution >= 0.6 is 0 Å². The summed E-state index contributed by atoms with van der Waals surface area (Å²) in [6.45, 7) is 0. The second kappa shape index (κ2) is 9.53. The Bertz CT molecular complexity index is 577. The van der Waals surface area contributed by atoms with Crippen LogP contribution in [0.2, 0.25) is 0 Å². The minimum absolute atomic E-state index is 0. The van der Waals surface area contributed by atoms with E-state index in [0.29, 0.717) is 0 Å². The van der Waals surface area contributed by atoms with Crippen LogP contribution in [-0.2, 0) is 17.1 Å². The van der Waals surface area contributed by atoms with E-state index in [4.69, 9.17) is 0 Å². The van der Waals surface area contributed by atoms with Gasteiger partial charge in [-0.25, -0.2) is 17.6 Å². The minimum Gasteiger partial charge on any atom is -0.493 e. The normalized spacial score (nSPS) is 11.9. The second-order valence-electron chi connectivity index (χ2n) is 3.98. The van der Waals surface area contributed by atoms with Crippen molar-refractivity contribution < 1.29 is 22.2 Å². The summed E-state index contributed by atoms with van der Waals surface area (Å²) in [4.78, 5) is 2.97. The molecule has 0 spiro atoms. The molecule has 0 saturated carbocycles. The molecule has 110 valence electrons. The van der Waals surface area contributed by atoms with Crippen molar-refractivity contribution in [2.24, 2.45) is 5.10 Å². The molecule has 0 amide bonds. The number of hydrazone groups is 1. The molecule has 21 heavy (non-hydrogen) atoms. The number of aliphatic hydroxyl groups is 1. The first kappa shape index (κ1) is 16.7. The molecule has 0 unspecified atom stereocenters. The van der Waals surface area contributed by atoms with Crippen molar-refractivity contribution in [1.82, 2.24) is 10.4 Å². The Balaban J connectivity index is 0.000000313. The van der Waals surface area contributed by atoms with Gasteiger partial charge in [0.25, 0.3) is 0 Å². The molecule has 0 saturated heterocycles. The van der Waals surface area contributed by atoms with Gasteiger partial charge in [-0.3, -0.25) is 0 Å². The number of hydrogen-bond donors (Lipinski definition) is 3. The molecular formula is C16H16FeN3O-. The van der Waals surface area contributed by atoms with Crippen LogP contribution in [0.5, 0.6) is 0 Å². The first-order valence-corrected chi connectivity index (χ1v) is 6.23. The molecule has 3 rings (SSSR count). The zero-order valence-electron chi connectivity index (χ0n) is 11.3. The number of nitrogens with zero attached hydrogens (tertiary/aromatic N) is 1. The van der Waals surface area contributed by atoms with Crippen molar-refractivity contribution in [3.05, 3.63) is 90.1 Å². The van der Waals surface area contributed by atoms with Gasteiger partial charge in [0, 0.05) is 28.8 Å². The number of nitrogens with one attached hydrogen (secondary N) is 2. The number of aromatic nitrogens is 1. The molecule has 1 aromatic heterocycles. The maximum Gasteiger partial charge on any atom is 0.212 e. The molecule has 0 radical (unpaired) electrons. The molecule has 1 aliphatic carbocycles. The van der Waals surface area contributed by atoms with Gasteiger partial charge in [-0.1, -0.05) is 12.2 Å². The molecule has 0 atom stereocenters. The summed E-state index contributed by atoms with van der Waals surface area (Å²) < 4.78 is 0. The predicted molar refractivity (Wildman–Crippen MR) is 81.5 cm³/mol. The molecular weight excluding hydrogens is 306 g/mol. The van der Waals surface area contributed by atoms with Crippen LogP contribution in [0.25, 0.3) is 0 Å². The third kappa shape index (κ3) is 6.08. The van der Waals surface area contributed by atoms with Crippen LogP contribution in [0.4, 0.5) is 0 Å². The van der Waals surface area contributed by atoms with E-state index < -0.39 is 0 Å². The monoisotopic (exact) mass is 322 g/mol. The SMILES string of the molecule is OC(NN=Cc1ccc[nH]1)=C1C=CC=C1.[Fe].c1cc[cH-]c1. The summed E-state index contributed by atoms with van der Waals surface area (Å²) in [6.07, 6.45) is 10.7. The molecule has 3 N–H and O–H groups in total. The van der Waals surface area contributed by atoms with Gasteiger partial charge in [0.1, 0.15) is 0 Å². The third-order valence-electron chi connectivity index (χ3n) is 2.49. The summed E-state index contributed by atoms with van der Waals surface area (Å²) in [5, 5.41) is 13.4. The second-order valence-corrected chi connectivity index (χ2v) is 3.98. The van der Waals surface area contributed by atoms with Crippen LogP contribution in [-0.4, -0.2) is 16.3 Å². The van der Waals surface area contributed by atoms with Gasteiger partial charge in [0.05, 0.1) is 11.9 Å². The maximum atomic E-state index is 9.52. The quantitative estimate of drug-likeness (QED) is 0.267. The van der Waals surface area contributed by atoms with Crippen molar-refractivity contribution in [2.75, 3.05) is 0 Å². The van der Waals surface area contributed by atoms with Crippen LogP contribution < -0.4 is 5.43 Å². The summed E-state index contributed by atoms with van der Waals surface area (Å²) >= 11 is 0. The minimum atomic E-state index is 0. The molecule has 1 aliphatic rings. The summed E-state index contributed by atoms with van der Waals surface area (Å²) in [5.74, 6) is 0.0443. The molecule has 2 aromatic rings. The van der Waals surface area contributed by atoms with Crippen molar-refractivity contribution in [2.45, 2.75) is 0 Å². The molecule has 1 heterocycles. The van der Waals surface area contributed by atoms with Gasteiger partial charge in [-0.2, -0.15) is 23.3 Å². The maximum absolute atomic E-state index is 9.52. The van der Waals surface area contributed by atoms with Crippen LogP contribution in [0.1, 0.15) is 5.69 Å². The number of aliphatic hydroxyl groups excluding tert-OH is 1. The van der Waals surface area contributed by atoms with E-state index in [1.165, 1.54) is 0 Å². The Morgan fingerprint density at radius 3 is 2.43 bits per heavy atom. The Kier molecular flexibility index (Phi) is 7.57. The van der Waals surface area contributed by atoms with Crippen molar-refractivity contribution >= 4 is 6.21 Å². The third-order valence-corrected chi connectivity index (χ3v) is 2.49. The van der Waals surface area contributed by atoms with Gasteiger partial charge in [0.2, 0.25) is 5.88 Å². The van der Waals surface area contributed by atoms with Crippen LogP contribution in [0, 0.1) is 0 Å². The first-order valence-electron chi connectivity index (χ1n) is 6.23. The standard InChI is InChI=1S/C11H11N3O.C5H5.Fe/c15-11(9-4-1-2-5-9)14-13-8-10-6-3-7-12-10;1-2-4-5-3-1;/h1-8,12,14-15H;1-5H;/q;-1;. The Labute approximate surface area is 134 Å². The van der Waals surface area contributed by atoms with Gasteiger partial charge >= 0.3 is 0 Å². The molecule has 1 aromatic carbocycles. The van der Waals surface area contributed by atoms with E-state index in [1.807, 2.05) is 60.8 Å². The van der Waals surface area contributed by atoms with Gasteiger partial charge < -0.3 is 10.1 Å². The van der Waals surface area contributed by atoms with E-state index in [0.717, 1.165) is 11.3 Å². The average molecular weight is 322 g/mol. The number of aromatic amines is 1. The number of hydrogen-bond acceptors (Lipinski definition) is 3. The number of allylic oxidation sites excluding steroid dienone is 5. The van der Waals surface area contributed by atoms with Gasteiger partial charge in [0.15, 0.2) is 0 Å².